The largest absolute Gasteiger partial charge is 0.297 e. The summed E-state index contributed by atoms with van der Waals surface area (Å²) >= 11 is 1.55. The van der Waals surface area contributed by atoms with Crippen molar-refractivity contribution in [1.82, 2.24) is 0 Å². The average molecular weight is 312 g/mol. The van der Waals surface area contributed by atoms with Crippen LogP contribution in [0, 0.1) is 0 Å². The molecule has 1 heterocycles. The molecule has 23 heavy (non-hydrogen) atoms. The van der Waals surface area contributed by atoms with E-state index in [-0.39, 0.29) is 0 Å². The van der Waals surface area contributed by atoms with Crippen molar-refractivity contribution >= 4 is 49.9 Å². The van der Waals surface area contributed by atoms with Crippen molar-refractivity contribution in [2.24, 2.45) is 0 Å². The molecular weight excluding hydrogens is 300 g/mol. The number of rotatable bonds is 2. The quantitative estimate of drug-likeness (QED) is 0.283. The molecule has 0 unspecified atom stereocenters. The Labute approximate surface area is 137 Å². The van der Waals surface area contributed by atoms with Crippen molar-refractivity contribution in [2.75, 3.05) is 0 Å². The van der Waals surface area contributed by atoms with Crippen molar-refractivity contribution in [3.63, 3.8) is 0 Å². The van der Waals surface area contributed by atoms with Gasteiger partial charge in [-0.3, -0.25) is 4.79 Å². The monoisotopic (exact) mass is 312 g/mol. The standard InChI is InChI=1S/C21H12OS/c22-12-16-8-11-19(23-16)17-9-6-15-5-4-13-2-1-3-14-7-10-18(17)21(15)20(13)14/h1-12H. The third kappa shape index (κ3) is 1.76. The highest BCUT2D eigenvalue weighted by atomic mass is 32.1. The van der Waals surface area contributed by atoms with E-state index in [4.69, 9.17) is 0 Å². The van der Waals surface area contributed by atoms with Gasteiger partial charge in [-0.05, 0) is 50.0 Å². The first-order chi connectivity index (χ1) is 11.3. The van der Waals surface area contributed by atoms with Crippen molar-refractivity contribution in [3.8, 4) is 10.4 Å². The van der Waals surface area contributed by atoms with E-state index in [0.29, 0.717) is 0 Å². The van der Waals surface area contributed by atoms with Crippen molar-refractivity contribution in [1.29, 1.82) is 0 Å². The predicted octanol–water partition coefficient (Wildman–Crippen LogP) is 6.13. The maximum atomic E-state index is 11.0. The number of carbonyl (C=O) groups excluding carboxylic acids is 1. The van der Waals surface area contributed by atoms with Gasteiger partial charge >= 0.3 is 0 Å². The fourth-order valence-corrected chi connectivity index (χ4v) is 4.37. The molecule has 1 nitrogen and oxygen atoms in total. The smallest absolute Gasteiger partial charge is 0.160 e. The average Bonchev–Trinajstić information content (AvgIpc) is 3.08. The molecule has 2 heteroatoms. The van der Waals surface area contributed by atoms with Crippen LogP contribution in [-0.2, 0) is 0 Å². The molecule has 0 bridgehead atoms. The summed E-state index contributed by atoms with van der Waals surface area (Å²) in [5.41, 5.74) is 1.20. The Morgan fingerprint density at radius 2 is 1.39 bits per heavy atom. The van der Waals surface area contributed by atoms with E-state index in [0.717, 1.165) is 16.0 Å². The minimum atomic E-state index is 0.769. The Balaban J connectivity index is 1.96. The Morgan fingerprint density at radius 1 is 0.696 bits per heavy atom. The highest BCUT2D eigenvalue weighted by molar-refractivity contribution is 7.17. The van der Waals surface area contributed by atoms with Gasteiger partial charge in [0.1, 0.15) is 0 Å². The Hall–Kier alpha value is -2.71. The molecule has 0 atom stereocenters. The molecule has 0 radical (unpaired) electrons. The van der Waals surface area contributed by atoms with Gasteiger partial charge in [0.05, 0.1) is 4.88 Å². The molecule has 0 aliphatic rings. The third-order valence-electron chi connectivity index (χ3n) is 4.54. The highest BCUT2D eigenvalue weighted by Gasteiger charge is 2.12. The van der Waals surface area contributed by atoms with Gasteiger partial charge in [-0.25, -0.2) is 0 Å². The summed E-state index contributed by atoms with van der Waals surface area (Å²) in [4.78, 5) is 12.9. The maximum Gasteiger partial charge on any atom is 0.160 e. The molecule has 0 N–H and O–H groups in total. The van der Waals surface area contributed by atoms with Gasteiger partial charge in [-0.15, -0.1) is 11.3 Å². The molecule has 5 rings (SSSR count). The molecule has 0 saturated heterocycles. The first-order valence-corrected chi connectivity index (χ1v) is 8.39. The van der Waals surface area contributed by atoms with Crippen LogP contribution in [0.15, 0.2) is 66.7 Å². The van der Waals surface area contributed by atoms with E-state index in [9.17, 15) is 4.79 Å². The van der Waals surface area contributed by atoms with Crippen LogP contribution in [0.4, 0.5) is 0 Å². The number of carbonyl (C=O) groups is 1. The lowest BCUT2D eigenvalue weighted by Gasteiger charge is -2.13. The topological polar surface area (TPSA) is 17.1 Å². The van der Waals surface area contributed by atoms with Gasteiger partial charge in [0.15, 0.2) is 6.29 Å². The summed E-state index contributed by atoms with van der Waals surface area (Å²) in [7, 11) is 0. The van der Waals surface area contributed by atoms with Gasteiger partial charge in [-0.2, -0.15) is 0 Å². The Kier molecular flexibility index (Phi) is 2.58. The lowest BCUT2D eigenvalue weighted by atomic mass is 9.91. The number of aldehydes is 1. The zero-order chi connectivity index (χ0) is 15.4. The third-order valence-corrected chi connectivity index (χ3v) is 5.58. The summed E-state index contributed by atoms with van der Waals surface area (Å²) in [5, 5.41) is 7.72. The molecule has 0 amide bonds. The first kappa shape index (κ1) is 12.8. The second-order valence-electron chi connectivity index (χ2n) is 5.79. The van der Waals surface area contributed by atoms with Gasteiger partial charge in [0, 0.05) is 4.88 Å². The SMILES string of the molecule is O=Cc1ccc(-c2ccc3ccc4cccc5ccc2c3c45)s1. The molecular formula is C21H12OS. The zero-order valence-electron chi connectivity index (χ0n) is 12.2. The molecule has 4 aromatic carbocycles. The summed E-state index contributed by atoms with van der Waals surface area (Å²) in [5.74, 6) is 0. The highest BCUT2D eigenvalue weighted by Crippen LogP contribution is 2.40. The van der Waals surface area contributed by atoms with E-state index in [1.165, 1.54) is 37.9 Å². The molecule has 108 valence electrons. The molecule has 5 aromatic rings. The molecule has 0 aliphatic heterocycles. The minimum absolute atomic E-state index is 0.769. The summed E-state index contributed by atoms with van der Waals surface area (Å²) in [6.07, 6.45) is 0.921. The number of hydrogen-bond donors (Lipinski definition) is 0. The lowest BCUT2D eigenvalue weighted by molar-refractivity contribution is 0.112. The van der Waals surface area contributed by atoms with Crippen LogP contribution in [0.25, 0.3) is 42.8 Å². The van der Waals surface area contributed by atoms with Crippen molar-refractivity contribution in [3.05, 3.63) is 71.6 Å². The fraction of sp³-hybridized carbons (Fsp3) is 0. The first-order valence-electron chi connectivity index (χ1n) is 7.57. The van der Waals surface area contributed by atoms with Gasteiger partial charge in [0.25, 0.3) is 0 Å². The lowest BCUT2D eigenvalue weighted by Crippen LogP contribution is -1.85. The predicted molar refractivity (Wildman–Crippen MR) is 98.8 cm³/mol. The van der Waals surface area contributed by atoms with E-state index in [1.807, 2.05) is 12.1 Å². The van der Waals surface area contributed by atoms with E-state index in [1.54, 1.807) is 11.3 Å². The number of thiophene rings is 1. The molecule has 1 aromatic heterocycles. The van der Waals surface area contributed by atoms with E-state index < -0.39 is 0 Å². The van der Waals surface area contributed by atoms with Crippen LogP contribution in [0.3, 0.4) is 0 Å². The van der Waals surface area contributed by atoms with Crippen LogP contribution >= 0.6 is 11.3 Å². The van der Waals surface area contributed by atoms with E-state index in [2.05, 4.69) is 54.6 Å². The summed E-state index contributed by atoms with van der Waals surface area (Å²) in [6, 6.07) is 23.5. The molecule has 0 saturated carbocycles. The van der Waals surface area contributed by atoms with Crippen LogP contribution in [0.1, 0.15) is 9.67 Å². The molecule has 0 spiro atoms. The van der Waals surface area contributed by atoms with Crippen LogP contribution in [0.2, 0.25) is 0 Å². The number of hydrogen-bond acceptors (Lipinski definition) is 2. The maximum absolute atomic E-state index is 11.0. The van der Waals surface area contributed by atoms with Crippen molar-refractivity contribution < 1.29 is 4.79 Å². The summed E-state index contributed by atoms with van der Waals surface area (Å²) < 4.78 is 0. The Bertz CT molecular complexity index is 1170. The minimum Gasteiger partial charge on any atom is -0.297 e. The number of benzene rings is 4. The second-order valence-corrected chi connectivity index (χ2v) is 6.90. The van der Waals surface area contributed by atoms with E-state index >= 15 is 0 Å². The Morgan fingerprint density at radius 3 is 2.13 bits per heavy atom. The van der Waals surface area contributed by atoms with Gasteiger partial charge < -0.3 is 0 Å². The fourth-order valence-electron chi connectivity index (χ4n) is 3.51. The van der Waals surface area contributed by atoms with Gasteiger partial charge in [0.2, 0.25) is 0 Å². The zero-order valence-corrected chi connectivity index (χ0v) is 13.1. The van der Waals surface area contributed by atoms with Crippen molar-refractivity contribution in [2.45, 2.75) is 0 Å². The van der Waals surface area contributed by atoms with Gasteiger partial charge in [-0.1, -0.05) is 54.6 Å². The normalized spacial score (nSPS) is 11.7. The van der Waals surface area contributed by atoms with Crippen LogP contribution in [0.5, 0.6) is 0 Å². The molecule has 0 aliphatic carbocycles. The van der Waals surface area contributed by atoms with Crippen LogP contribution in [-0.4, -0.2) is 6.29 Å². The molecule has 0 fully saturated rings. The van der Waals surface area contributed by atoms with Crippen LogP contribution < -0.4 is 0 Å². The summed E-state index contributed by atoms with van der Waals surface area (Å²) in [6.45, 7) is 0. The second kappa shape index (κ2) is 4.64.